The van der Waals surface area contributed by atoms with Crippen molar-refractivity contribution in [3.63, 3.8) is 0 Å². The highest BCUT2D eigenvalue weighted by molar-refractivity contribution is 7.89. The molecule has 9 heteroatoms. The molecule has 0 bridgehead atoms. The van der Waals surface area contributed by atoms with Gasteiger partial charge < -0.3 is 9.72 Å². The average molecular weight is 447 g/mol. The van der Waals surface area contributed by atoms with E-state index in [1.165, 1.54) is 5.56 Å². The van der Waals surface area contributed by atoms with Gasteiger partial charge in [0, 0.05) is 25.4 Å². The minimum atomic E-state index is -3.64. The summed E-state index contributed by atoms with van der Waals surface area (Å²) in [5, 5.41) is 3.36. The number of benzene rings is 1. The molecule has 0 radical (unpaired) electrons. The molecule has 1 aliphatic carbocycles. The molecule has 1 aliphatic rings. The van der Waals surface area contributed by atoms with Gasteiger partial charge in [0.25, 0.3) is 0 Å². The maximum atomic E-state index is 12.5. The Morgan fingerprint density at radius 2 is 1.90 bits per heavy atom. The molecule has 0 atom stereocenters. The molecule has 0 saturated carbocycles. The van der Waals surface area contributed by atoms with Crippen LogP contribution in [0.25, 0.3) is 5.65 Å². The smallest absolute Gasteiger partial charge is 0.240 e. The lowest BCUT2D eigenvalue weighted by molar-refractivity contribution is -0.121. The zero-order valence-corrected chi connectivity index (χ0v) is 18.0. The molecule has 0 unspecified atom stereocenters. The second-order valence-electron chi connectivity index (χ2n) is 7.41. The Hall–Kier alpha value is -2.42. The Kier molecular flexibility index (Phi) is 6.08. The van der Waals surface area contributed by atoms with Crippen molar-refractivity contribution < 1.29 is 13.2 Å². The lowest BCUT2D eigenvalue weighted by atomic mass is 9.92. The van der Waals surface area contributed by atoms with Crippen molar-refractivity contribution in [1.29, 1.82) is 0 Å². The van der Waals surface area contributed by atoms with Gasteiger partial charge in [-0.05, 0) is 61.1 Å². The minimum Gasteiger partial charge on any atom is -0.350 e. The Morgan fingerprint density at radius 3 is 2.73 bits per heavy atom. The zero-order valence-electron chi connectivity index (χ0n) is 16.4. The van der Waals surface area contributed by atoms with Gasteiger partial charge in [-0.2, -0.15) is 0 Å². The molecule has 0 spiro atoms. The number of carbonyl (C=O) groups excluding carboxylic acids is 1. The molecule has 158 valence electrons. The molecule has 1 amide bonds. The molecular formula is C21H23ClN4O3S. The van der Waals surface area contributed by atoms with Gasteiger partial charge >= 0.3 is 0 Å². The fourth-order valence-corrected chi connectivity index (χ4v) is 4.89. The molecular weight excluding hydrogens is 424 g/mol. The molecule has 2 aromatic heterocycles. The standard InChI is InChI=1S/C21H23ClN4O3S/c22-17-6-8-20-25-18(14-26(20)13-17)12-23-21(27)9-10-24-30(28,29)19-7-5-15-3-1-2-4-16(15)11-19/h5-8,11,13-14,24H,1-4,9-10,12H2,(H,23,27). The summed E-state index contributed by atoms with van der Waals surface area (Å²) in [5.74, 6) is -0.252. The number of carbonyl (C=O) groups is 1. The van der Waals surface area contributed by atoms with E-state index in [9.17, 15) is 13.2 Å². The number of fused-ring (bicyclic) bond motifs is 2. The van der Waals surface area contributed by atoms with E-state index in [1.54, 1.807) is 41.1 Å². The summed E-state index contributed by atoms with van der Waals surface area (Å²) in [4.78, 5) is 16.8. The molecule has 30 heavy (non-hydrogen) atoms. The van der Waals surface area contributed by atoms with Crippen LogP contribution in [-0.2, 0) is 34.2 Å². The first-order valence-electron chi connectivity index (χ1n) is 9.92. The fraction of sp³-hybridized carbons (Fsp3) is 0.333. The maximum absolute atomic E-state index is 12.5. The van der Waals surface area contributed by atoms with Gasteiger partial charge in [0.1, 0.15) is 5.65 Å². The van der Waals surface area contributed by atoms with Gasteiger partial charge in [0.2, 0.25) is 15.9 Å². The van der Waals surface area contributed by atoms with Gasteiger partial charge in [0.05, 0.1) is 22.2 Å². The van der Waals surface area contributed by atoms with Crippen molar-refractivity contribution in [2.24, 2.45) is 0 Å². The van der Waals surface area contributed by atoms with Gasteiger partial charge in [-0.25, -0.2) is 18.1 Å². The number of hydrogen-bond acceptors (Lipinski definition) is 4. The number of amides is 1. The summed E-state index contributed by atoms with van der Waals surface area (Å²) in [5.41, 5.74) is 3.77. The second kappa shape index (κ2) is 8.75. The highest BCUT2D eigenvalue weighted by Crippen LogP contribution is 2.24. The van der Waals surface area contributed by atoms with Gasteiger partial charge in [-0.15, -0.1) is 0 Å². The van der Waals surface area contributed by atoms with Crippen molar-refractivity contribution in [3.05, 3.63) is 64.6 Å². The zero-order chi connectivity index (χ0) is 21.1. The number of imidazole rings is 1. The van der Waals surface area contributed by atoms with Crippen LogP contribution in [0.4, 0.5) is 0 Å². The third-order valence-corrected chi connectivity index (χ3v) is 6.89. The van der Waals surface area contributed by atoms with Crippen LogP contribution in [0.3, 0.4) is 0 Å². The maximum Gasteiger partial charge on any atom is 0.240 e. The van der Waals surface area contributed by atoms with Crippen molar-refractivity contribution in [1.82, 2.24) is 19.4 Å². The first-order chi connectivity index (χ1) is 14.4. The molecule has 2 N–H and O–H groups in total. The lowest BCUT2D eigenvalue weighted by Crippen LogP contribution is -2.30. The average Bonchev–Trinajstić information content (AvgIpc) is 3.14. The Bertz CT molecular complexity index is 1190. The molecule has 1 aromatic carbocycles. The van der Waals surface area contributed by atoms with Crippen molar-refractivity contribution in [2.75, 3.05) is 6.54 Å². The first kappa shape index (κ1) is 20.8. The van der Waals surface area contributed by atoms with Gasteiger partial charge in [-0.1, -0.05) is 17.7 Å². The van der Waals surface area contributed by atoms with E-state index in [-0.39, 0.29) is 30.3 Å². The van der Waals surface area contributed by atoms with E-state index < -0.39 is 10.0 Å². The fourth-order valence-electron chi connectivity index (χ4n) is 3.64. The quantitative estimate of drug-likeness (QED) is 0.583. The highest BCUT2D eigenvalue weighted by Gasteiger charge is 2.18. The minimum absolute atomic E-state index is 0.0338. The third-order valence-electron chi connectivity index (χ3n) is 5.21. The normalized spacial score (nSPS) is 13.9. The number of rotatable bonds is 7. The number of sulfonamides is 1. The van der Waals surface area contributed by atoms with E-state index in [4.69, 9.17) is 11.6 Å². The van der Waals surface area contributed by atoms with Crippen LogP contribution in [0, 0.1) is 0 Å². The summed E-state index contributed by atoms with van der Waals surface area (Å²) >= 11 is 5.95. The van der Waals surface area contributed by atoms with Crippen LogP contribution in [-0.4, -0.2) is 30.3 Å². The summed E-state index contributed by atoms with van der Waals surface area (Å²) in [7, 11) is -3.64. The van der Waals surface area contributed by atoms with Crippen LogP contribution in [0.15, 0.2) is 47.6 Å². The summed E-state index contributed by atoms with van der Waals surface area (Å²) in [6.45, 7) is 0.293. The summed E-state index contributed by atoms with van der Waals surface area (Å²) in [6, 6.07) is 8.84. The van der Waals surface area contributed by atoms with Crippen LogP contribution < -0.4 is 10.0 Å². The summed E-state index contributed by atoms with van der Waals surface area (Å²) < 4.78 is 29.4. The molecule has 4 rings (SSSR count). The number of hydrogen-bond donors (Lipinski definition) is 2. The monoisotopic (exact) mass is 446 g/mol. The van der Waals surface area contributed by atoms with Crippen LogP contribution in [0.5, 0.6) is 0 Å². The van der Waals surface area contributed by atoms with Crippen molar-refractivity contribution in [2.45, 2.75) is 43.5 Å². The summed E-state index contributed by atoms with van der Waals surface area (Å²) in [6.07, 6.45) is 7.73. The largest absolute Gasteiger partial charge is 0.350 e. The molecule has 3 aromatic rings. The van der Waals surface area contributed by atoms with E-state index >= 15 is 0 Å². The van der Waals surface area contributed by atoms with Crippen LogP contribution >= 0.6 is 11.6 Å². The van der Waals surface area contributed by atoms with Crippen LogP contribution in [0.1, 0.15) is 36.1 Å². The number of nitrogens with one attached hydrogen (secondary N) is 2. The van der Waals surface area contributed by atoms with E-state index in [2.05, 4.69) is 15.0 Å². The SMILES string of the molecule is O=C(CCNS(=O)(=O)c1ccc2c(c1)CCCC2)NCc1cn2cc(Cl)ccc2n1. The van der Waals surface area contributed by atoms with E-state index in [0.717, 1.165) is 36.9 Å². The van der Waals surface area contributed by atoms with E-state index in [1.807, 2.05) is 6.07 Å². The number of aryl methyl sites for hydroxylation is 2. The Balaban J connectivity index is 1.28. The molecule has 0 fully saturated rings. The lowest BCUT2D eigenvalue weighted by Gasteiger charge is -2.16. The number of aromatic nitrogens is 2. The highest BCUT2D eigenvalue weighted by atomic mass is 35.5. The number of pyridine rings is 1. The topological polar surface area (TPSA) is 92.6 Å². The van der Waals surface area contributed by atoms with Gasteiger partial charge in [-0.3, -0.25) is 4.79 Å². The molecule has 0 saturated heterocycles. The number of halogens is 1. The molecule has 0 aliphatic heterocycles. The second-order valence-corrected chi connectivity index (χ2v) is 9.61. The third kappa shape index (κ3) is 4.83. The predicted octanol–water partition coefficient (Wildman–Crippen LogP) is 2.85. The van der Waals surface area contributed by atoms with Crippen molar-refractivity contribution in [3.8, 4) is 0 Å². The molecule has 2 heterocycles. The molecule has 7 nitrogen and oxygen atoms in total. The van der Waals surface area contributed by atoms with E-state index in [0.29, 0.717) is 10.7 Å². The van der Waals surface area contributed by atoms with Crippen molar-refractivity contribution >= 4 is 33.2 Å². The number of nitrogens with zero attached hydrogens (tertiary/aromatic N) is 2. The Labute approximate surface area is 180 Å². The Morgan fingerprint density at radius 1 is 1.10 bits per heavy atom. The first-order valence-corrected chi connectivity index (χ1v) is 11.8. The van der Waals surface area contributed by atoms with Gasteiger partial charge in [0.15, 0.2) is 0 Å². The predicted molar refractivity (Wildman–Crippen MR) is 115 cm³/mol. The van der Waals surface area contributed by atoms with Crippen LogP contribution in [0.2, 0.25) is 5.02 Å².